The molecular formula is C18H21BrN2O. The smallest absolute Gasteiger partial charge is 0.238 e. The predicted octanol–water partition coefficient (Wildman–Crippen LogP) is 4.14. The van der Waals surface area contributed by atoms with E-state index in [9.17, 15) is 4.79 Å². The number of nitrogens with zero attached hydrogens (tertiary/aromatic N) is 1. The molecule has 1 amide bonds. The molecule has 0 radical (unpaired) electrons. The second-order valence-corrected chi connectivity index (χ2v) is 6.52. The maximum absolute atomic E-state index is 12.2. The number of rotatable bonds is 5. The van der Waals surface area contributed by atoms with Crippen LogP contribution in [0.4, 0.5) is 5.69 Å². The van der Waals surface area contributed by atoms with Gasteiger partial charge in [-0.15, -0.1) is 0 Å². The van der Waals surface area contributed by atoms with E-state index in [2.05, 4.69) is 40.3 Å². The fourth-order valence-corrected chi connectivity index (χ4v) is 2.81. The summed E-state index contributed by atoms with van der Waals surface area (Å²) >= 11 is 3.43. The zero-order valence-electron chi connectivity index (χ0n) is 13.2. The molecule has 0 bridgehead atoms. The van der Waals surface area contributed by atoms with Crippen LogP contribution in [0, 0.1) is 13.8 Å². The normalized spacial score (nSPS) is 10.8. The van der Waals surface area contributed by atoms with Gasteiger partial charge in [0.1, 0.15) is 0 Å². The molecule has 0 atom stereocenters. The van der Waals surface area contributed by atoms with E-state index in [-0.39, 0.29) is 5.91 Å². The van der Waals surface area contributed by atoms with Gasteiger partial charge in [0.05, 0.1) is 6.54 Å². The largest absolute Gasteiger partial charge is 0.325 e. The first-order valence-corrected chi connectivity index (χ1v) is 8.04. The molecule has 0 saturated carbocycles. The van der Waals surface area contributed by atoms with E-state index in [1.54, 1.807) is 0 Å². The van der Waals surface area contributed by atoms with E-state index >= 15 is 0 Å². The van der Waals surface area contributed by atoms with Gasteiger partial charge in [-0.25, -0.2) is 0 Å². The average Bonchev–Trinajstić information content (AvgIpc) is 2.44. The molecule has 0 saturated heterocycles. The van der Waals surface area contributed by atoms with Gasteiger partial charge in [-0.2, -0.15) is 0 Å². The maximum Gasteiger partial charge on any atom is 0.238 e. The van der Waals surface area contributed by atoms with Crippen molar-refractivity contribution in [2.24, 2.45) is 0 Å². The number of likely N-dealkylation sites (N-methyl/N-ethyl adjacent to an activating group) is 1. The van der Waals surface area contributed by atoms with Gasteiger partial charge in [-0.3, -0.25) is 9.69 Å². The molecule has 0 fully saturated rings. The Labute approximate surface area is 140 Å². The number of benzene rings is 2. The summed E-state index contributed by atoms with van der Waals surface area (Å²) in [6.07, 6.45) is 0. The Morgan fingerprint density at radius 3 is 2.55 bits per heavy atom. The van der Waals surface area contributed by atoms with E-state index < -0.39 is 0 Å². The highest BCUT2D eigenvalue weighted by atomic mass is 79.9. The van der Waals surface area contributed by atoms with E-state index in [1.807, 2.05) is 49.2 Å². The fourth-order valence-electron chi connectivity index (χ4n) is 2.34. The second kappa shape index (κ2) is 7.56. The van der Waals surface area contributed by atoms with Crippen LogP contribution in [-0.4, -0.2) is 24.4 Å². The summed E-state index contributed by atoms with van der Waals surface area (Å²) in [6, 6.07) is 14.1. The van der Waals surface area contributed by atoms with E-state index in [1.165, 1.54) is 11.1 Å². The van der Waals surface area contributed by atoms with Crippen molar-refractivity contribution in [2.45, 2.75) is 20.4 Å². The molecule has 1 N–H and O–H groups in total. The van der Waals surface area contributed by atoms with Crippen LogP contribution in [0.1, 0.15) is 16.7 Å². The van der Waals surface area contributed by atoms with Crippen molar-refractivity contribution in [3.8, 4) is 0 Å². The monoisotopic (exact) mass is 360 g/mol. The summed E-state index contributed by atoms with van der Waals surface area (Å²) in [5.41, 5.74) is 4.40. The topological polar surface area (TPSA) is 32.3 Å². The van der Waals surface area contributed by atoms with Crippen molar-refractivity contribution in [2.75, 3.05) is 18.9 Å². The third-order valence-electron chi connectivity index (χ3n) is 3.58. The molecule has 22 heavy (non-hydrogen) atoms. The van der Waals surface area contributed by atoms with Crippen LogP contribution in [-0.2, 0) is 11.3 Å². The molecule has 0 aliphatic carbocycles. The molecule has 0 spiro atoms. The summed E-state index contributed by atoms with van der Waals surface area (Å²) in [7, 11) is 1.96. The standard InChI is InChI=1S/C18H21BrN2O/c1-13-6-4-5-7-15(13)11-21(3)12-18(22)20-17-9-8-16(19)10-14(17)2/h4-10H,11-12H2,1-3H3,(H,20,22). The molecule has 2 aromatic rings. The van der Waals surface area contributed by atoms with Crippen molar-refractivity contribution in [3.05, 3.63) is 63.6 Å². The molecular weight excluding hydrogens is 340 g/mol. The number of aryl methyl sites for hydroxylation is 2. The number of halogens is 1. The van der Waals surface area contributed by atoms with Crippen molar-refractivity contribution in [1.29, 1.82) is 0 Å². The summed E-state index contributed by atoms with van der Waals surface area (Å²) in [5, 5.41) is 2.97. The van der Waals surface area contributed by atoms with Crippen molar-refractivity contribution >= 4 is 27.5 Å². The summed E-state index contributed by atoms with van der Waals surface area (Å²) in [5.74, 6) is 0.00140. The minimum absolute atomic E-state index is 0.00140. The van der Waals surface area contributed by atoms with E-state index in [0.29, 0.717) is 6.54 Å². The number of amides is 1. The number of anilines is 1. The first-order chi connectivity index (χ1) is 10.5. The van der Waals surface area contributed by atoms with Gasteiger partial charge < -0.3 is 5.32 Å². The van der Waals surface area contributed by atoms with Gasteiger partial charge in [0.15, 0.2) is 0 Å². The highest BCUT2D eigenvalue weighted by Gasteiger charge is 2.09. The first-order valence-electron chi connectivity index (χ1n) is 7.25. The quantitative estimate of drug-likeness (QED) is 0.868. The lowest BCUT2D eigenvalue weighted by molar-refractivity contribution is -0.117. The van der Waals surface area contributed by atoms with E-state index in [0.717, 1.165) is 22.3 Å². The van der Waals surface area contributed by atoms with Gasteiger partial charge in [0, 0.05) is 16.7 Å². The van der Waals surface area contributed by atoms with Crippen LogP contribution in [0.5, 0.6) is 0 Å². The van der Waals surface area contributed by atoms with Gasteiger partial charge in [0.2, 0.25) is 5.91 Å². The molecule has 0 aliphatic rings. The minimum Gasteiger partial charge on any atom is -0.325 e. The Bertz CT molecular complexity index is 670. The van der Waals surface area contributed by atoms with Crippen LogP contribution in [0.3, 0.4) is 0 Å². The van der Waals surface area contributed by atoms with Crippen LogP contribution >= 0.6 is 15.9 Å². The zero-order valence-corrected chi connectivity index (χ0v) is 14.8. The summed E-state index contributed by atoms with van der Waals surface area (Å²) in [4.78, 5) is 14.2. The van der Waals surface area contributed by atoms with Crippen molar-refractivity contribution in [3.63, 3.8) is 0 Å². The van der Waals surface area contributed by atoms with Crippen LogP contribution in [0.25, 0.3) is 0 Å². The zero-order chi connectivity index (χ0) is 16.1. The van der Waals surface area contributed by atoms with E-state index in [4.69, 9.17) is 0 Å². The molecule has 2 rings (SSSR count). The Hall–Kier alpha value is -1.65. The third kappa shape index (κ3) is 4.68. The molecule has 0 aliphatic heterocycles. The number of hydrogen-bond donors (Lipinski definition) is 1. The summed E-state index contributed by atoms with van der Waals surface area (Å²) in [6.45, 7) is 5.20. The van der Waals surface area contributed by atoms with Gasteiger partial charge in [-0.05, 0) is 55.8 Å². The third-order valence-corrected chi connectivity index (χ3v) is 4.07. The number of carbonyl (C=O) groups is 1. The SMILES string of the molecule is Cc1ccccc1CN(C)CC(=O)Nc1ccc(Br)cc1C. The number of hydrogen-bond acceptors (Lipinski definition) is 2. The highest BCUT2D eigenvalue weighted by Crippen LogP contribution is 2.20. The summed E-state index contributed by atoms with van der Waals surface area (Å²) < 4.78 is 1.01. The minimum atomic E-state index is 0.00140. The van der Waals surface area contributed by atoms with Crippen LogP contribution < -0.4 is 5.32 Å². The van der Waals surface area contributed by atoms with Crippen LogP contribution in [0.15, 0.2) is 46.9 Å². The molecule has 116 valence electrons. The first kappa shape index (κ1) is 16.7. The Morgan fingerprint density at radius 1 is 1.14 bits per heavy atom. The predicted molar refractivity (Wildman–Crippen MR) is 95.0 cm³/mol. The Kier molecular flexibility index (Phi) is 5.75. The highest BCUT2D eigenvalue weighted by molar-refractivity contribution is 9.10. The van der Waals surface area contributed by atoms with Gasteiger partial charge >= 0.3 is 0 Å². The maximum atomic E-state index is 12.2. The molecule has 3 nitrogen and oxygen atoms in total. The van der Waals surface area contributed by atoms with Gasteiger partial charge in [-0.1, -0.05) is 40.2 Å². The Morgan fingerprint density at radius 2 is 1.86 bits per heavy atom. The average molecular weight is 361 g/mol. The molecule has 4 heteroatoms. The number of nitrogens with one attached hydrogen (secondary N) is 1. The molecule has 2 aromatic carbocycles. The second-order valence-electron chi connectivity index (χ2n) is 5.61. The Balaban J connectivity index is 1.93. The lowest BCUT2D eigenvalue weighted by Gasteiger charge is -2.18. The molecule has 0 aromatic heterocycles. The van der Waals surface area contributed by atoms with Crippen molar-refractivity contribution in [1.82, 2.24) is 4.90 Å². The molecule has 0 heterocycles. The number of carbonyl (C=O) groups excluding carboxylic acids is 1. The lowest BCUT2D eigenvalue weighted by Crippen LogP contribution is -2.30. The van der Waals surface area contributed by atoms with Crippen molar-refractivity contribution < 1.29 is 4.79 Å². The lowest BCUT2D eigenvalue weighted by atomic mass is 10.1. The van der Waals surface area contributed by atoms with Gasteiger partial charge in [0.25, 0.3) is 0 Å². The fraction of sp³-hybridized carbons (Fsp3) is 0.278. The van der Waals surface area contributed by atoms with Crippen LogP contribution in [0.2, 0.25) is 0 Å². The molecule has 0 unspecified atom stereocenters.